The van der Waals surface area contributed by atoms with Crippen molar-refractivity contribution in [2.45, 2.75) is 31.2 Å². The van der Waals surface area contributed by atoms with E-state index in [4.69, 9.17) is 5.73 Å². The van der Waals surface area contributed by atoms with Crippen molar-refractivity contribution in [3.63, 3.8) is 0 Å². The van der Waals surface area contributed by atoms with Crippen molar-refractivity contribution in [3.05, 3.63) is 29.8 Å². The van der Waals surface area contributed by atoms with Crippen molar-refractivity contribution in [2.24, 2.45) is 12.8 Å². The Morgan fingerprint density at radius 2 is 2.24 bits per heavy atom. The molecule has 2 N–H and O–H groups in total. The smallest absolute Gasteiger partial charge is 0.143 e. The van der Waals surface area contributed by atoms with Gasteiger partial charge in [-0.2, -0.15) is 0 Å². The van der Waals surface area contributed by atoms with Gasteiger partial charge in [-0.15, -0.1) is 0 Å². The van der Waals surface area contributed by atoms with Gasteiger partial charge in [0.25, 0.3) is 0 Å². The van der Waals surface area contributed by atoms with E-state index in [2.05, 4.69) is 4.98 Å². The fourth-order valence-corrected chi connectivity index (χ4v) is 2.26. The molecule has 1 saturated carbocycles. The number of aromatic nitrogens is 2. The number of nitrogens with zero attached hydrogens (tertiary/aromatic N) is 2. The highest BCUT2D eigenvalue weighted by Gasteiger charge is 2.37. The molecule has 3 rings (SSSR count). The summed E-state index contributed by atoms with van der Waals surface area (Å²) in [6, 6.07) is 3.56. The molecule has 0 atom stereocenters. The van der Waals surface area contributed by atoms with E-state index in [0.717, 1.165) is 36.7 Å². The van der Waals surface area contributed by atoms with E-state index >= 15 is 0 Å². The Kier molecular flexibility index (Phi) is 2.23. The zero-order valence-electron chi connectivity index (χ0n) is 9.91. The molecule has 2 heterocycles. The van der Waals surface area contributed by atoms with E-state index in [1.54, 1.807) is 0 Å². The quantitative estimate of drug-likeness (QED) is 0.882. The molecule has 3 nitrogen and oxygen atoms in total. The van der Waals surface area contributed by atoms with Crippen molar-refractivity contribution >= 4 is 11.0 Å². The fourth-order valence-electron chi connectivity index (χ4n) is 2.26. The second-order valence-corrected chi connectivity index (χ2v) is 5.11. The molecular weight excluding hydrogens is 217 g/mol. The number of hydrogen-bond donors (Lipinski definition) is 1. The van der Waals surface area contributed by atoms with E-state index < -0.39 is 0 Å². The molecule has 1 aliphatic rings. The van der Waals surface area contributed by atoms with Crippen LogP contribution in [0.4, 0.5) is 4.39 Å². The van der Waals surface area contributed by atoms with Crippen molar-refractivity contribution in [3.8, 4) is 0 Å². The summed E-state index contributed by atoms with van der Waals surface area (Å²) in [5.74, 6) is -0.289. The average Bonchev–Trinajstić information content (AvgIpc) is 2.95. The second-order valence-electron chi connectivity index (χ2n) is 5.11. The molecular formula is C13H16FN3. The van der Waals surface area contributed by atoms with Crippen molar-refractivity contribution < 1.29 is 4.39 Å². The Balaban J connectivity index is 1.91. The van der Waals surface area contributed by atoms with Crippen molar-refractivity contribution in [1.29, 1.82) is 0 Å². The van der Waals surface area contributed by atoms with Crippen LogP contribution in [0.15, 0.2) is 18.3 Å². The monoisotopic (exact) mass is 233 g/mol. The number of aryl methyl sites for hydroxylation is 2. The lowest BCUT2D eigenvalue weighted by molar-refractivity contribution is 0.595. The van der Waals surface area contributed by atoms with Crippen LogP contribution in [0, 0.1) is 5.82 Å². The van der Waals surface area contributed by atoms with Gasteiger partial charge in [0.05, 0.1) is 17.2 Å². The van der Waals surface area contributed by atoms with Gasteiger partial charge in [-0.05, 0) is 31.7 Å². The molecule has 0 aliphatic heterocycles. The molecule has 1 aliphatic carbocycles. The van der Waals surface area contributed by atoms with Crippen LogP contribution in [0.2, 0.25) is 0 Å². The van der Waals surface area contributed by atoms with Gasteiger partial charge in [0, 0.05) is 24.3 Å². The molecule has 90 valence electrons. The predicted octanol–water partition coefficient (Wildman–Crippen LogP) is 2.14. The normalized spacial score (nSPS) is 17.6. The highest BCUT2D eigenvalue weighted by Crippen LogP contribution is 2.36. The largest absolute Gasteiger partial charge is 0.346 e. The number of nitrogens with two attached hydrogens (primary N) is 1. The van der Waals surface area contributed by atoms with Crippen molar-refractivity contribution in [1.82, 2.24) is 9.55 Å². The summed E-state index contributed by atoms with van der Waals surface area (Å²) < 4.78 is 15.1. The summed E-state index contributed by atoms with van der Waals surface area (Å²) >= 11 is 0. The highest BCUT2D eigenvalue weighted by molar-refractivity contribution is 5.76. The van der Waals surface area contributed by atoms with E-state index in [9.17, 15) is 4.39 Å². The van der Waals surface area contributed by atoms with Gasteiger partial charge in [-0.3, -0.25) is 4.98 Å². The summed E-state index contributed by atoms with van der Waals surface area (Å²) in [4.78, 5) is 4.10. The van der Waals surface area contributed by atoms with Crippen LogP contribution in [0.25, 0.3) is 11.0 Å². The lowest BCUT2D eigenvalue weighted by Crippen LogP contribution is -2.22. The molecule has 0 radical (unpaired) electrons. The van der Waals surface area contributed by atoms with Crippen molar-refractivity contribution in [2.75, 3.05) is 0 Å². The SMILES string of the molecule is Cn1c(CCC2(N)CC2)cc2ncc(F)cc21. The van der Waals surface area contributed by atoms with Crippen LogP contribution < -0.4 is 5.73 Å². The van der Waals surface area contributed by atoms with E-state index in [-0.39, 0.29) is 11.4 Å². The first kappa shape index (κ1) is 10.7. The summed E-state index contributed by atoms with van der Waals surface area (Å²) in [5, 5.41) is 0. The van der Waals surface area contributed by atoms with Crippen LogP contribution in [-0.4, -0.2) is 15.1 Å². The summed E-state index contributed by atoms with van der Waals surface area (Å²) in [7, 11) is 1.95. The minimum absolute atomic E-state index is 0.0646. The van der Waals surface area contributed by atoms with Gasteiger partial charge in [-0.25, -0.2) is 4.39 Å². The number of halogens is 1. The van der Waals surface area contributed by atoms with Gasteiger partial charge in [0.2, 0.25) is 0 Å². The Morgan fingerprint density at radius 1 is 1.47 bits per heavy atom. The number of pyridine rings is 1. The van der Waals surface area contributed by atoms with Crippen LogP contribution in [0.3, 0.4) is 0 Å². The summed E-state index contributed by atoms with van der Waals surface area (Å²) in [6.07, 6.45) is 5.45. The fraction of sp³-hybridized carbons (Fsp3) is 0.462. The molecule has 0 aromatic carbocycles. The topological polar surface area (TPSA) is 43.8 Å². The first-order chi connectivity index (χ1) is 8.07. The summed E-state index contributed by atoms with van der Waals surface area (Å²) in [5.41, 5.74) is 9.02. The molecule has 17 heavy (non-hydrogen) atoms. The molecule has 4 heteroatoms. The Morgan fingerprint density at radius 3 is 2.94 bits per heavy atom. The zero-order chi connectivity index (χ0) is 12.0. The van der Waals surface area contributed by atoms with Crippen LogP contribution in [-0.2, 0) is 13.5 Å². The van der Waals surface area contributed by atoms with E-state index in [1.165, 1.54) is 18.0 Å². The van der Waals surface area contributed by atoms with Gasteiger partial charge in [-0.1, -0.05) is 0 Å². The molecule has 2 aromatic heterocycles. The van der Waals surface area contributed by atoms with E-state index in [0.29, 0.717) is 0 Å². The minimum Gasteiger partial charge on any atom is -0.346 e. The van der Waals surface area contributed by atoms with Crippen LogP contribution >= 0.6 is 0 Å². The lowest BCUT2D eigenvalue weighted by Gasteiger charge is -2.08. The average molecular weight is 233 g/mol. The second kappa shape index (κ2) is 3.53. The molecule has 2 aromatic rings. The summed E-state index contributed by atoms with van der Waals surface area (Å²) in [6.45, 7) is 0. The van der Waals surface area contributed by atoms with Gasteiger partial charge >= 0.3 is 0 Å². The maximum atomic E-state index is 13.1. The van der Waals surface area contributed by atoms with Gasteiger partial charge in [0.1, 0.15) is 5.82 Å². The number of rotatable bonds is 3. The van der Waals surface area contributed by atoms with Gasteiger partial charge < -0.3 is 10.3 Å². The lowest BCUT2D eigenvalue weighted by atomic mass is 10.1. The minimum atomic E-state index is -0.289. The van der Waals surface area contributed by atoms with Crippen LogP contribution in [0.1, 0.15) is 25.0 Å². The maximum Gasteiger partial charge on any atom is 0.143 e. The van der Waals surface area contributed by atoms with Crippen LogP contribution in [0.5, 0.6) is 0 Å². The first-order valence-electron chi connectivity index (χ1n) is 5.96. The third kappa shape index (κ3) is 1.93. The first-order valence-corrected chi connectivity index (χ1v) is 5.96. The standard InChI is InChI=1S/C13H16FN3/c1-17-10(2-3-13(15)4-5-13)7-11-12(17)6-9(14)8-16-11/h6-8H,2-5,15H2,1H3. The Hall–Kier alpha value is -1.42. The molecule has 1 fully saturated rings. The highest BCUT2D eigenvalue weighted by atomic mass is 19.1. The molecule has 0 saturated heterocycles. The maximum absolute atomic E-state index is 13.1. The third-order valence-electron chi connectivity index (χ3n) is 3.73. The van der Waals surface area contributed by atoms with E-state index in [1.807, 2.05) is 17.7 Å². The Labute approximate surface area is 99.4 Å². The third-order valence-corrected chi connectivity index (χ3v) is 3.73. The molecule has 0 spiro atoms. The molecule has 0 unspecified atom stereocenters. The molecule has 0 bridgehead atoms. The van der Waals surface area contributed by atoms with Gasteiger partial charge in [0.15, 0.2) is 0 Å². The zero-order valence-corrected chi connectivity index (χ0v) is 9.91. The molecule has 0 amide bonds. The number of fused-ring (bicyclic) bond motifs is 1. The predicted molar refractivity (Wildman–Crippen MR) is 65.1 cm³/mol. The number of hydrogen-bond acceptors (Lipinski definition) is 2. The Bertz CT molecular complexity index is 569.